The number of hydrogen-bond donors (Lipinski definition) is 2. The van der Waals surface area contributed by atoms with Crippen LogP contribution in [0.25, 0.3) is 0 Å². The van der Waals surface area contributed by atoms with Crippen molar-refractivity contribution < 1.29 is 5.11 Å². The molecule has 17 heavy (non-hydrogen) atoms. The van der Waals surface area contributed by atoms with Gasteiger partial charge < -0.3 is 10.4 Å². The van der Waals surface area contributed by atoms with E-state index in [9.17, 15) is 5.11 Å². The van der Waals surface area contributed by atoms with Gasteiger partial charge in [0.1, 0.15) is 0 Å². The molecule has 1 fully saturated rings. The first-order chi connectivity index (χ1) is 8.07. The summed E-state index contributed by atoms with van der Waals surface area (Å²) >= 11 is 9.39. The SMILES string of the molecule is CC1CCCC1(CO)Nc1ccc(Cl)c(Br)c1. The summed E-state index contributed by atoms with van der Waals surface area (Å²) < 4.78 is 0.878. The van der Waals surface area contributed by atoms with Gasteiger partial charge in [0.25, 0.3) is 0 Å². The van der Waals surface area contributed by atoms with Crippen LogP contribution in [-0.4, -0.2) is 17.3 Å². The van der Waals surface area contributed by atoms with Crippen molar-refractivity contribution in [3.8, 4) is 0 Å². The lowest BCUT2D eigenvalue weighted by atomic mass is 9.89. The van der Waals surface area contributed by atoms with E-state index in [1.54, 1.807) is 0 Å². The van der Waals surface area contributed by atoms with Gasteiger partial charge in [0.05, 0.1) is 17.2 Å². The molecule has 0 aliphatic heterocycles. The lowest BCUT2D eigenvalue weighted by Crippen LogP contribution is -2.44. The van der Waals surface area contributed by atoms with Crippen LogP contribution in [0.4, 0.5) is 5.69 Å². The number of hydrogen-bond acceptors (Lipinski definition) is 2. The van der Waals surface area contributed by atoms with Crippen LogP contribution in [0, 0.1) is 5.92 Å². The van der Waals surface area contributed by atoms with E-state index in [4.69, 9.17) is 11.6 Å². The van der Waals surface area contributed by atoms with Crippen LogP contribution in [0.1, 0.15) is 26.2 Å². The Bertz CT molecular complexity index is 412. The Hall–Kier alpha value is -0.250. The number of nitrogens with one attached hydrogen (secondary N) is 1. The first-order valence-corrected chi connectivity index (χ1v) is 7.08. The fourth-order valence-electron chi connectivity index (χ4n) is 2.57. The average Bonchev–Trinajstić information content (AvgIpc) is 2.66. The van der Waals surface area contributed by atoms with Gasteiger partial charge in [0, 0.05) is 10.2 Å². The maximum absolute atomic E-state index is 9.67. The molecule has 2 N–H and O–H groups in total. The lowest BCUT2D eigenvalue weighted by molar-refractivity contribution is 0.184. The number of rotatable bonds is 3. The molecule has 0 spiro atoms. The minimum Gasteiger partial charge on any atom is -0.394 e. The second-order valence-corrected chi connectivity index (χ2v) is 6.12. The molecule has 1 saturated carbocycles. The van der Waals surface area contributed by atoms with Crippen LogP contribution in [0.15, 0.2) is 22.7 Å². The molecular weight excluding hydrogens is 302 g/mol. The second kappa shape index (κ2) is 5.17. The minimum absolute atomic E-state index is 0.173. The number of anilines is 1. The van der Waals surface area contributed by atoms with Gasteiger partial charge >= 0.3 is 0 Å². The van der Waals surface area contributed by atoms with Crippen molar-refractivity contribution in [2.75, 3.05) is 11.9 Å². The molecule has 2 nitrogen and oxygen atoms in total. The summed E-state index contributed by atoms with van der Waals surface area (Å²) in [4.78, 5) is 0. The Labute approximate surface area is 115 Å². The van der Waals surface area contributed by atoms with Crippen LogP contribution < -0.4 is 5.32 Å². The van der Waals surface area contributed by atoms with E-state index < -0.39 is 0 Å². The highest BCUT2D eigenvalue weighted by Crippen LogP contribution is 2.38. The normalized spacial score (nSPS) is 28.4. The van der Waals surface area contributed by atoms with Crippen molar-refractivity contribution >= 4 is 33.2 Å². The number of aliphatic hydroxyl groups is 1. The zero-order chi connectivity index (χ0) is 12.5. The third-order valence-corrected chi connectivity index (χ3v) is 5.01. The van der Waals surface area contributed by atoms with Crippen LogP contribution in [0.3, 0.4) is 0 Å². The zero-order valence-corrected chi connectivity index (χ0v) is 12.2. The summed E-state index contributed by atoms with van der Waals surface area (Å²) in [6.45, 7) is 2.37. The molecule has 1 aromatic carbocycles. The van der Waals surface area contributed by atoms with E-state index in [1.165, 1.54) is 12.8 Å². The maximum atomic E-state index is 9.67. The average molecular weight is 319 g/mol. The summed E-state index contributed by atoms with van der Waals surface area (Å²) in [6.07, 6.45) is 3.36. The van der Waals surface area contributed by atoms with E-state index in [0.29, 0.717) is 10.9 Å². The summed E-state index contributed by atoms with van der Waals surface area (Å²) in [5.41, 5.74) is 0.830. The van der Waals surface area contributed by atoms with Crippen LogP contribution in [-0.2, 0) is 0 Å². The summed E-state index contributed by atoms with van der Waals surface area (Å²) in [6, 6.07) is 5.78. The molecule has 0 radical (unpaired) electrons. The summed E-state index contributed by atoms with van der Waals surface area (Å²) in [5.74, 6) is 0.488. The van der Waals surface area contributed by atoms with Gasteiger partial charge in [-0.1, -0.05) is 24.9 Å². The zero-order valence-electron chi connectivity index (χ0n) is 9.84. The third-order valence-electron chi connectivity index (χ3n) is 3.80. The fraction of sp³-hybridized carbons (Fsp3) is 0.538. The van der Waals surface area contributed by atoms with Gasteiger partial charge in [-0.25, -0.2) is 0 Å². The Morgan fingerprint density at radius 3 is 2.88 bits per heavy atom. The summed E-state index contributed by atoms with van der Waals surface area (Å²) in [7, 11) is 0. The van der Waals surface area contributed by atoms with Crippen molar-refractivity contribution in [1.82, 2.24) is 0 Å². The maximum Gasteiger partial charge on any atom is 0.0664 e. The molecule has 2 atom stereocenters. The highest BCUT2D eigenvalue weighted by Gasteiger charge is 2.39. The number of aliphatic hydroxyl groups excluding tert-OH is 1. The first kappa shape index (κ1) is 13.2. The molecule has 0 amide bonds. The minimum atomic E-state index is -0.173. The quantitative estimate of drug-likeness (QED) is 0.880. The predicted octanol–water partition coefficient (Wildman–Crippen LogP) is 4.07. The highest BCUT2D eigenvalue weighted by atomic mass is 79.9. The molecule has 0 saturated heterocycles. The third kappa shape index (κ3) is 2.61. The smallest absolute Gasteiger partial charge is 0.0664 e. The molecule has 2 unspecified atom stereocenters. The number of halogens is 2. The highest BCUT2D eigenvalue weighted by molar-refractivity contribution is 9.10. The Kier molecular flexibility index (Phi) is 4.01. The van der Waals surface area contributed by atoms with Crippen molar-refractivity contribution in [2.45, 2.75) is 31.7 Å². The Morgan fingerprint density at radius 1 is 1.59 bits per heavy atom. The largest absolute Gasteiger partial charge is 0.394 e. The van der Waals surface area contributed by atoms with E-state index in [-0.39, 0.29) is 12.1 Å². The lowest BCUT2D eigenvalue weighted by Gasteiger charge is -2.34. The molecule has 0 aromatic heterocycles. The van der Waals surface area contributed by atoms with Gasteiger partial charge in [-0.2, -0.15) is 0 Å². The van der Waals surface area contributed by atoms with Crippen molar-refractivity contribution in [1.29, 1.82) is 0 Å². The van der Waals surface area contributed by atoms with Gasteiger partial charge in [0.2, 0.25) is 0 Å². The van der Waals surface area contributed by atoms with Crippen LogP contribution in [0.2, 0.25) is 5.02 Å². The molecule has 1 aliphatic carbocycles. The molecule has 1 aromatic rings. The van der Waals surface area contributed by atoms with E-state index in [2.05, 4.69) is 28.2 Å². The van der Waals surface area contributed by atoms with Crippen LogP contribution in [0.5, 0.6) is 0 Å². The van der Waals surface area contributed by atoms with Crippen molar-refractivity contribution in [2.24, 2.45) is 5.92 Å². The van der Waals surface area contributed by atoms with Gasteiger partial charge in [0.15, 0.2) is 0 Å². The predicted molar refractivity (Wildman–Crippen MR) is 75.6 cm³/mol. The molecule has 0 bridgehead atoms. The van der Waals surface area contributed by atoms with Gasteiger partial charge in [-0.3, -0.25) is 0 Å². The Balaban J connectivity index is 2.21. The Morgan fingerprint density at radius 2 is 2.35 bits per heavy atom. The van der Waals surface area contributed by atoms with Crippen molar-refractivity contribution in [3.63, 3.8) is 0 Å². The molecule has 94 valence electrons. The molecule has 4 heteroatoms. The van der Waals surface area contributed by atoms with Crippen molar-refractivity contribution in [3.05, 3.63) is 27.7 Å². The van der Waals surface area contributed by atoms with Gasteiger partial charge in [-0.15, -0.1) is 0 Å². The topological polar surface area (TPSA) is 32.3 Å². The number of benzene rings is 1. The fourth-order valence-corrected chi connectivity index (χ4v) is 3.06. The van der Waals surface area contributed by atoms with E-state index in [0.717, 1.165) is 16.6 Å². The van der Waals surface area contributed by atoms with Crippen LogP contribution >= 0.6 is 27.5 Å². The molecule has 1 aliphatic rings. The first-order valence-electron chi connectivity index (χ1n) is 5.91. The van der Waals surface area contributed by atoms with E-state index >= 15 is 0 Å². The summed E-state index contributed by atoms with van der Waals surface area (Å²) in [5, 5.41) is 13.9. The monoisotopic (exact) mass is 317 g/mol. The second-order valence-electron chi connectivity index (χ2n) is 4.86. The van der Waals surface area contributed by atoms with Gasteiger partial charge in [-0.05, 0) is 52.9 Å². The molecule has 2 rings (SSSR count). The van der Waals surface area contributed by atoms with E-state index in [1.807, 2.05) is 18.2 Å². The standard InChI is InChI=1S/C13H17BrClNO/c1-9-3-2-6-13(9,8-17)16-10-4-5-12(15)11(14)7-10/h4-5,7,9,16-17H,2-3,6,8H2,1H3. The molecular formula is C13H17BrClNO. The molecule has 0 heterocycles.